The van der Waals surface area contributed by atoms with Gasteiger partial charge in [-0.3, -0.25) is 4.79 Å². The van der Waals surface area contributed by atoms with Gasteiger partial charge in [0, 0.05) is 29.4 Å². The van der Waals surface area contributed by atoms with Crippen LogP contribution in [-0.4, -0.2) is 18.5 Å². The smallest absolute Gasteiger partial charge is 0.206 e. The van der Waals surface area contributed by atoms with Crippen molar-refractivity contribution < 1.29 is 4.79 Å². The van der Waals surface area contributed by atoms with Gasteiger partial charge in [-0.25, -0.2) is 4.99 Å². The number of anilines is 1. The second kappa shape index (κ2) is 5.10. The number of allylic oxidation sites excluding steroid dienone is 3. The lowest BCUT2D eigenvalue weighted by molar-refractivity contribution is -0.108. The summed E-state index contributed by atoms with van der Waals surface area (Å²) in [4.78, 5) is 16.7. The van der Waals surface area contributed by atoms with Gasteiger partial charge in [0.05, 0.1) is 5.69 Å². The minimum atomic E-state index is -0.133. The molecule has 2 rings (SSSR count). The first kappa shape index (κ1) is 12.4. The molecule has 0 heterocycles. The first-order chi connectivity index (χ1) is 8.60. The highest BCUT2D eigenvalue weighted by Gasteiger charge is 2.12. The molecule has 0 fully saturated rings. The molecule has 0 saturated heterocycles. The molecule has 18 heavy (non-hydrogen) atoms. The van der Waals surface area contributed by atoms with E-state index in [0.717, 1.165) is 5.70 Å². The molecular formula is C13H13N3OS. The molecule has 0 saturated carbocycles. The number of benzene rings is 1. The Labute approximate surface area is 111 Å². The third-order valence-electron chi connectivity index (χ3n) is 2.49. The molecule has 0 radical (unpaired) electrons. The Bertz CT molecular complexity index is 588. The third-order valence-corrected chi connectivity index (χ3v) is 2.85. The van der Waals surface area contributed by atoms with E-state index >= 15 is 0 Å². The first-order valence-corrected chi connectivity index (χ1v) is 5.84. The van der Waals surface area contributed by atoms with Crippen LogP contribution in [0.25, 0.3) is 0 Å². The summed E-state index contributed by atoms with van der Waals surface area (Å²) >= 11 is 4.28. The van der Waals surface area contributed by atoms with Gasteiger partial charge in [0.15, 0.2) is 0 Å². The number of nitrogens with two attached hydrogens (primary N) is 1. The maximum absolute atomic E-state index is 11.8. The van der Waals surface area contributed by atoms with Gasteiger partial charge >= 0.3 is 0 Å². The molecule has 92 valence electrons. The first-order valence-electron chi connectivity index (χ1n) is 5.39. The molecule has 1 aromatic rings. The summed E-state index contributed by atoms with van der Waals surface area (Å²) < 4.78 is 0. The molecule has 0 bridgehead atoms. The maximum Gasteiger partial charge on any atom is 0.206 e. The lowest BCUT2D eigenvalue weighted by Gasteiger charge is -2.08. The average Bonchev–Trinajstić information content (AvgIpc) is 2.34. The van der Waals surface area contributed by atoms with Gasteiger partial charge in [0.25, 0.3) is 0 Å². The molecule has 0 aliphatic heterocycles. The molecule has 5 heteroatoms. The number of thiol groups is 1. The predicted molar refractivity (Wildman–Crippen MR) is 76.5 cm³/mol. The van der Waals surface area contributed by atoms with E-state index in [1.54, 1.807) is 37.4 Å². The molecule has 1 aliphatic rings. The van der Waals surface area contributed by atoms with Crippen molar-refractivity contribution in [3.63, 3.8) is 0 Å². The molecule has 0 atom stereocenters. The van der Waals surface area contributed by atoms with Crippen molar-refractivity contribution in [1.82, 2.24) is 5.32 Å². The van der Waals surface area contributed by atoms with Crippen LogP contribution in [0.15, 0.2) is 52.0 Å². The molecule has 0 aromatic heterocycles. The van der Waals surface area contributed by atoms with Crippen LogP contribution in [0.1, 0.15) is 0 Å². The molecule has 0 amide bonds. The van der Waals surface area contributed by atoms with Gasteiger partial charge in [-0.15, -0.1) is 12.6 Å². The van der Waals surface area contributed by atoms with Crippen molar-refractivity contribution in [3.8, 4) is 0 Å². The fourth-order valence-electron chi connectivity index (χ4n) is 1.53. The Morgan fingerprint density at radius 3 is 2.72 bits per heavy atom. The molecule has 0 spiro atoms. The monoisotopic (exact) mass is 259 g/mol. The van der Waals surface area contributed by atoms with Gasteiger partial charge < -0.3 is 11.1 Å². The number of rotatable bonds is 2. The van der Waals surface area contributed by atoms with E-state index in [1.807, 2.05) is 0 Å². The van der Waals surface area contributed by atoms with Crippen molar-refractivity contribution in [3.05, 3.63) is 42.1 Å². The van der Waals surface area contributed by atoms with E-state index in [1.165, 1.54) is 6.08 Å². The number of carbonyl (C=O) groups excluding carboxylic acids is 1. The highest BCUT2D eigenvalue weighted by molar-refractivity contribution is 7.80. The number of carbonyl (C=O) groups is 1. The number of aliphatic imine (C=N–C) groups is 1. The highest BCUT2D eigenvalue weighted by Crippen LogP contribution is 2.25. The number of ketones is 1. The lowest BCUT2D eigenvalue weighted by Crippen LogP contribution is -2.17. The van der Waals surface area contributed by atoms with Crippen LogP contribution in [0.2, 0.25) is 0 Å². The van der Waals surface area contributed by atoms with E-state index < -0.39 is 0 Å². The van der Waals surface area contributed by atoms with Gasteiger partial charge in [0.2, 0.25) is 5.78 Å². The summed E-state index contributed by atoms with van der Waals surface area (Å²) in [7, 11) is 1.76. The van der Waals surface area contributed by atoms with E-state index in [2.05, 4.69) is 22.9 Å². The van der Waals surface area contributed by atoms with Crippen LogP contribution < -0.4 is 11.1 Å². The van der Waals surface area contributed by atoms with Crippen LogP contribution in [0.3, 0.4) is 0 Å². The summed E-state index contributed by atoms with van der Waals surface area (Å²) in [5, 5.41) is 2.90. The number of nitrogen functional groups attached to an aromatic ring is 1. The molecule has 4 nitrogen and oxygen atoms in total. The Hall–Kier alpha value is -2.01. The highest BCUT2D eigenvalue weighted by atomic mass is 32.1. The summed E-state index contributed by atoms with van der Waals surface area (Å²) in [5.41, 5.74) is 8.02. The summed E-state index contributed by atoms with van der Waals surface area (Å²) in [5.74, 6) is -0.133. The second-order valence-electron chi connectivity index (χ2n) is 3.79. The second-order valence-corrected chi connectivity index (χ2v) is 4.27. The number of hydrogen-bond acceptors (Lipinski definition) is 5. The van der Waals surface area contributed by atoms with E-state index in [0.29, 0.717) is 22.0 Å². The minimum Gasteiger partial charge on any atom is -0.399 e. The van der Waals surface area contributed by atoms with Crippen molar-refractivity contribution in [2.45, 2.75) is 4.90 Å². The Kier molecular flexibility index (Phi) is 3.53. The van der Waals surface area contributed by atoms with Crippen LogP contribution in [0, 0.1) is 0 Å². The Morgan fingerprint density at radius 2 is 2.11 bits per heavy atom. The number of likely N-dealkylation sites (N-methyl/N-ethyl adjacent to an activating group) is 1. The zero-order valence-corrected chi connectivity index (χ0v) is 10.7. The predicted octanol–water partition coefficient (Wildman–Crippen LogP) is 1.87. The van der Waals surface area contributed by atoms with Gasteiger partial charge in [-0.1, -0.05) is 0 Å². The van der Waals surface area contributed by atoms with Crippen LogP contribution >= 0.6 is 12.6 Å². The third kappa shape index (κ3) is 2.62. The SMILES string of the molecule is CNC1=CC(=O)C(=Nc2ccc(N)cc2S)C=C1. The van der Waals surface area contributed by atoms with Crippen LogP contribution in [0.5, 0.6) is 0 Å². The van der Waals surface area contributed by atoms with Crippen LogP contribution in [0.4, 0.5) is 11.4 Å². The molecule has 1 aliphatic carbocycles. The van der Waals surface area contributed by atoms with E-state index in [9.17, 15) is 4.79 Å². The average molecular weight is 259 g/mol. The molecule has 3 N–H and O–H groups in total. The summed E-state index contributed by atoms with van der Waals surface area (Å²) in [6, 6.07) is 5.17. The lowest BCUT2D eigenvalue weighted by atomic mass is 10.1. The van der Waals surface area contributed by atoms with Gasteiger partial charge in [0.1, 0.15) is 5.71 Å². The Balaban J connectivity index is 2.33. The summed E-state index contributed by atoms with van der Waals surface area (Å²) in [6.45, 7) is 0. The standard InChI is InChI=1S/C13H13N3OS/c1-15-9-3-5-10(12(17)7-9)16-11-4-2-8(14)6-13(11)18/h2-7,15,18H,14H2,1H3. The zero-order chi connectivity index (χ0) is 13.1. The van der Waals surface area contributed by atoms with Crippen molar-refractivity contribution in [2.24, 2.45) is 4.99 Å². The van der Waals surface area contributed by atoms with E-state index in [-0.39, 0.29) is 5.78 Å². The van der Waals surface area contributed by atoms with Crippen molar-refractivity contribution >= 4 is 35.5 Å². The Morgan fingerprint density at radius 1 is 1.33 bits per heavy atom. The van der Waals surface area contributed by atoms with Gasteiger partial charge in [-0.05, 0) is 30.4 Å². The molecule has 0 unspecified atom stereocenters. The number of hydrogen-bond donors (Lipinski definition) is 3. The van der Waals surface area contributed by atoms with Gasteiger partial charge in [-0.2, -0.15) is 0 Å². The quantitative estimate of drug-likeness (QED) is 0.431. The molecular weight excluding hydrogens is 246 g/mol. The fraction of sp³-hybridized carbons (Fsp3) is 0.0769. The number of nitrogens with zero attached hydrogens (tertiary/aromatic N) is 1. The maximum atomic E-state index is 11.8. The summed E-state index contributed by atoms with van der Waals surface area (Å²) in [6.07, 6.45) is 4.99. The van der Waals surface area contributed by atoms with E-state index in [4.69, 9.17) is 5.73 Å². The molecule has 1 aromatic carbocycles. The normalized spacial score (nSPS) is 16.9. The van der Waals surface area contributed by atoms with Crippen molar-refractivity contribution in [1.29, 1.82) is 0 Å². The van der Waals surface area contributed by atoms with Crippen LogP contribution in [-0.2, 0) is 4.79 Å². The largest absolute Gasteiger partial charge is 0.399 e. The minimum absolute atomic E-state index is 0.133. The number of nitrogens with one attached hydrogen (secondary N) is 1. The van der Waals surface area contributed by atoms with Crippen molar-refractivity contribution in [2.75, 3.05) is 12.8 Å². The zero-order valence-electron chi connectivity index (χ0n) is 9.84. The fourth-order valence-corrected chi connectivity index (χ4v) is 1.80. The topological polar surface area (TPSA) is 67.5 Å².